The summed E-state index contributed by atoms with van der Waals surface area (Å²) < 4.78 is 20.4. The van der Waals surface area contributed by atoms with Crippen LogP contribution in [-0.4, -0.2) is 24.5 Å². The minimum atomic E-state index is -0.630. The SMILES string of the molecule is CC(C)CNC(=O)C1=C(C(=O)Nc2cc(OC3CCCC3)c(Cl)cc2F)CCCC1. The predicted molar refractivity (Wildman–Crippen MR) is 116 cm³/mol. The molecular weight excluding hydrogens is 407 g/mol. The average Bonchev–Trinajstić information content (AvgIpc) is 3.22. The molecule has 164 valence electrons. The van der Waals surface area contributed by atoms with E-state index in [0.717, 1.165) is 44.6 Å². The Morgan fingerprint density at radius 1 is 1.10 bits per heavy atom. The van der Waals surface area contributed by atoms with E-state index in [4.69, 9.17) is 16.3 Å². The number of nitrogens with one attached hydrogen (secondary N) is 2. The number of carbonyl (C=O) groups is 2. The summed E-state index contributed by atoms with van der Waals surface area (Å²) in [5.74, 6) is -0.605. The van der Waals surface area contributed by atoms with Crippen LogP contribution in [0.5, 0.6) is 5.75 Å². The first-order chi connectivity index (χ1) is 14.3. The molecule has 30 heavy (non-hydrogen) atoms. The number of hydrogen-bond donors (Lipinski definition) is 2. The van der Waals surface area contributed by atoms with Gasteiger partial charge in [-0.3, -0.25) is 9.59 Å². The van der Waals surface area contributed by atoms with Gasteiger partial charge in [0.25, 0.3) is 5.91 Å². The molecule has 0 aromatic heterocycles. The quantitative estimate of drug-likeness (QED) is 0.602. The first kappa shape index (κ1) is 22.6. The van der Waals surface area contributed by atoms with Gasteiger partial charge in [0.2, 0.25) is 5.91 Å². The second-order valence-corrected chi connectivity index (χ2v) is 8.92. The van der Waals surface area contributed by atoms with E-state index in [1.807, 2.05) is 13.8 Å². The van der Waals surface area contributed by atoms with E-state index in [2.05, 4.69) is 10.6 Å². The summed E-state index contributed by atoms with van der Waals surface area (Å²) in [5.41, 5.74) is 0.934. The molecule has 2 aliphatic carbocycles. The Morgan fingerprint density at radius 3 is 2.37 bits per heavy atom. The number of anilines is 1. The van der Waals surface area contributed by atoms with Crippen LogP contribution in [0.4, 0.5) is 10.1 Å². The smallest absolute Gasteiger partial charge is 0.252 e. The molecule has 0 saturated heterocycles. The number of benzene rings is 1. The van der Waals surface area contributed by atoms with Gasteiger partial charge in [-0.05, 0) is 63.4 Å². The van der Waals surface area contributed by atoms with Gasteiger partial charge in [-0.2, -0.15) is 0 Å². The molecular formula is C23H30ClFN2O3. The fourth-order valence-corrected chi connectivity index (χ4v) is 4.10. The second-order valence-electron chi connectivity index (χ2n) is 8.51. The Labute approximate surface area is 182 Å². The molecule has 1 fully saturated rings. The second kappa shape index (κ2) is 10.3. The first-order valence-corrected chi connectivity index (χ1v) is 11.2. The van der Waals surface area contributed by atoms with Crippen molar-refractivity contribution in [3.8, 4) is 5.75 Å². The summed E-state index contributed by atoms with van der Waals surface area (Å²) in [6.45, 7) is 4.57. The van der Waals surface area contributed by atoms with Crippen LogP contribution in [0.1, 0.15) is 65.2 Å². The number of carbonyl (C=O) groups excluding carboxylic acids is 2. The van der Waals surface area contributed by atoms with E-state index >= 15 is 0 Å². The van der Waals surface area contributed by atoms with E-state index in [0.29, 0.717) is 42.2 Å². The minimum Gasteiger partial charge on any atom is -0.489 e. The van der Waals surface area contributed by atoms with Crippen molar-refractivity contribution in [1.82, 2.24) is 5.32 Å². The molecule has 0 spiro atoms. The van der Waals surface area contributed by atoms with Crippen LogP contribution in [0.2, 0.25) is 5.02 Å². The largest absolute Gasteiger partial charge is 0.489 e. The zero-order valence-electron chi connectivity index (χ0n) is 17.7. The molecule has 0 radical (unpaired) electrons. The number of rotatable bonds is 7. The van der Waals surface area contributed by atoms with Crippen LogP contribution in [0.3, 0.4) is 0 Å². The van der Waals surface area contributed by atoms with Gasteiger partial charge in [0.15, 0.2) is 0 Å². The Hall–Kier alpha value is -2.08. The van der Waals surface area contributed by atoms with E-state index in [1.165, 1.54) is 6.07 Å². The molecule has 2 aliphatic rings. The van der Waals surface area contributed by atoms with Crippen molar-refractivity contribution in [2.75, 3.05) is 11.9 Å². The molecule has 0 atom stereocenters. The lowest BCUT2D eigenvalue weighted by Gasteiger charge is -2.21. The van der Waals surface area contributed by atoms with Gasteiger partial charge < -0.3 is 15.4 Å². The molecule has 0 bridgehead atoms. The normalized spacial score (nSPS) is 17.4. The van der Waals surface area contributed by atoms with Gasteiger partial charge in [0, 0.05) is 23.8 Å². The van der Waals surface area contributed by atoms with E-state index < -0.39 is 11.7 Å². The van der Waals surface area contributed by atoms with Crippen molar-refractivity contribution in [1.29, 1.82) is 0 Å². The van der Waals surface area contributed by atoms with Gasteiger partial charge in [-0.1, -0.05) is 25.4 Å². The highest BCUT2D eigenvalue weighted by molar-refractivity contribution is 6.32. The third-order valence-corrected chi connectivity index (χ3v) is 5.85. The van der Waals surface area contributed by atoms with Crippen molar-refractivity contribution >= 4 is 29.1 Å². The predicted octanol–water partition coefficient (Wildman–Crippen LogP) is 5.38. The molecule has 1 aromatic rings. The van der Waals surface area contributed by atoms with Crippen molar-refractivity contribution in [3.63, 3.8) is 0 Å². The van der Waals surface area contributed by atoms with Gasteiger partial charge in [-0.25, -0.2) is 4.39 Å². The summed E-state index contributed by atoms with van der Waals surface area (Å²) in [4.78, 5) is 25.5. The number of hydrogen-bond acceptors (Lipinski definition) is 3. The highest BCUT2D eigenvalue weighted by Gasteiger charge is 2.25. The molecule has 5 nitrogen and oxygen atoms in total. The average molecular weight is 437 g/mol. The Kier molecular flexibility index (Phi) is 7.75. The third kappa shape index (κ3) is 5.75. The van der Waals surface area contributed by atoms with Gasteiger partial charge in [-0.15, -0.1) is 0 Å². The maximum Gasteiger partial charge on any atom is 0.252 e. The number of halogens is 2. The van der Waals surface area contributed by atoms with Crippen molar-refractivity contribution in [2.24, 2.45) is 5.92 Å². The fourth-order valence-electron chi connectivity index (χ4n) is 3.91. The monoisotopic (exact) mass is 436 g/mol. The molecule has 0 heterocycles. The highest BCUT2D eigenvalue weighted by atomic mass is 35.5. The lowest BCUT2D eigenvalue weighted by Crippen LogP contribution is -2.32. The summed E-state index contributed by atoms with van der Waals surface area (Å²) in [6, 6.07) is 2.60. The van der Waals surface area contributed by atoms with E-state index in [1.54, 1.807) is 0 Å². The summed E-state index contributed by atoms with van der Waals surface area (Å²) >= 11 is 6.15. The topological polar surface area (TPSA) is 67.4 Å². The Balaban J connectivity index is 1.78. The zero-order valence-corrected chi connectivity index (χ0v) is 18.4. The van der Waals surface area contributed by atoms with Gasteiger partial charge >= 0.3 is 0 Å². The maximum atomic E-state index is 14.5. The summed E-state index contributed by atoms with van der Waals surface area (Å²) in [6.07, 6.45) is 6.87. The molecule has 2 amide bonds. The van der Waals surface area contributed by atoms with Crippen molar-refractivity contribution in [3.05, 3.63) is 34.1 Å². The number of ether oxygens (including phenoxy) is 1. The van der Waals surface area contributed by atoms with Crippen molar-refractivity contribution < 1.29 is 18.7 Å². The number of amides is 2. The minimum absolute atomic E-state index is 0.0115. The molecule has 0 unspecified atom stereocenters. The highest BCUT2D eigenvalue weighted by Crippen LogP contribution is 2.34. The fraction of sp³-hybridized carbons (Fsp3) is 0.565. The lowest BCUT2D eigenvalue weighted by atomic mass is 9.90. The molecule has 3 rings (SSSR count). The van der Waals surface area contributed by atoms with Crippen LogP contribution in [0.25, 0.3) is 0 Å². The van der Waals surface area contributed by atoms with Gasteiger partial charge in [0.1, 0.15) is 11.6 Å². The maximum absolute atomic E-state index is 14.5. The lowest BCUT2D eigenvalue weighted by molar-refractivity contribution is -0.119. The van der Waals surface area contributed by atoms with Gasteiger partial charge in [0.05, 0.1) is 16.8 Å². The van der Waals surface area contributed by atoms with Crippen LogP contribution in [-0.2, 0) is 9.59 Å². The Bertz CT molecular complexity index is 832. The van der Waals surface area contributed by atoms with E-state index in [-0.39, 0.29) is 22.7 Å². The molecule has 0 aliphatic heterocycles. The van der Waals surface area contributed by atoms with Crippen LogP contribution < -0.4 is 15.4 Å². The Morgan fingerprint density at radius 2 is 1.73 bits per heavy atom. The molecule has 1 saturated carbocycles. The van der Waals surface area contributed by atoms with Crippen LogP contribution in [0.15, 0.2) is 23.3 Å². The van der Waals surface area contributed by atoms with Crippen LogP contribution in [0, 0.1) is 11.7 Å². The van der Waals surface area contributed by atoms with Crippen molar-refractivity contribution in [2.45, 2.75) is 71.3 Å². The summed E-state index contributed by atoms with van der Waals surface area (Å²) in [7, 11) is 0. The molecule has 1 aromatic carbocycles. The standard InChI is InChI=1S/C23H30ClFN2O3/c1-14(2)13-26-22(28)16-9-5-6-10-17(16)23(29)27-20-12-21(18(24)11-19(20)25)30-15-7-3-4-8-15/h11-12,14-15H,3-10,13H2,1-2H3,(H,26,28)(H,27,29). The third-order valence-electron chi connectivity index (χ3n) is 5.55. The summed E-state index contributed by atoms with van der Waals surface area (Å²) in [5, 5.41) is 5.70. The van der Waals surface area contributed by atoms with Crippen LogP contribution >= 0.6 is 11.6 Å². The molecule has 7 heteroatoms. The zero-order chi connectivity index (χ0) is 21.7. The van der Waals surface area contributed by atoms with E-state index in [9.17, 15) is 14.0 Å². The first-order valence-electron chi connectivity index (χ1n) is 10.8. The molecule has 2 N–H and O–H groups in total.